The first-order valence-corrected chi connectivity index (χ1v) is 5.19. The highest BCUT2D eigenvalue weighted by Gasteiger charge is 2.15. The van der Waals surface area contributed by atoms with Gasteiger partial charge in [0.15, 0.2) is 0 Å². The van der Waals surface area contributed by atoms with Gasteiger partial charge in [-0.15, -0.1) is 0 Å². The predicted molar refractivity (Wildman–Crippen MR) is 55.4 cm³/mol. The molecule has 0 radical (unpaired) electrons. The molecule has 0 saturated carbocycles. The van der Waals surface area contributed by atoms with Crippen LogP contribution in [-0.2, 0) is 0 Å². The van der Waals surface area contributed by atoms with Gasteiger partial charge >= 0.3 is 0 Å². The fraction of sp³-hybridized carbons (Fsp3) is 0.636. The molecule has 0 aromatic rings. The molecule has 2 nitrogen and oxygen atoms in total. The summed E-state index contributed by atoms with van der Waals surface area (Å²) >= 11 is 0. The van der Waals surface area contributed by atoms with Gasteiger partial charge in [-0.2, -0.15) is 0 Å². The average Bonchev–Trinajstić information content (AvgIpc) is 2.19. The van der Waals surface area contributed by atoms with Crippen LogP contribution in [0.4, 0.5) is 0 Å². The number of allylic oxidation sites excluding steroid dienone is 4. The molecule has 1 aliphatic heterocycles. The first-order chi connectivity index (χ1) is 6.36. The summed E-state index contributed by atoms with van der Waals surface area (Å²) in [5.41, 5.74) is 1.52. The molecule has 0 spiro atoms. The predicted octanol–water partition coefficient (Wildman–Crippen LogP) is 1.37. The first kappa shape index (κ1) is 8.82. The van der Waals surface area contributed by atoms with E-state index in [2.05, 4.69) is 35.4 Å². The van der Waals surface area contributed by atoms with Crippen LogP contribution in [0, 0.1) is 5.92 Å². The molecule has 1 N–H and O–H groups in total. The van der Waals surface area contributed by atoms with Crippen molar-refractivity contribution in [3.05, 3.63) is 23.9 Å². The molecule has 2 heteroatoms. The van der Waals surface area contributed by atoms with Crippen LogP contribution in [0.1, 0.15) is 13.3 Å². The lowest BCUT2D eigenvalue weighted by atomic mass is 9.99. The third-order valence-corrected chi connectivity index (χ3v) is 2.78. The second-order valence-electron chi connectivity index (χ2n) is 3.96. The van der Waals surface area contributed by atoms with E-state index >= 15 is 0 Å². The molecule has 72 valence electrons. The third kappa shape index (κ3) is 2.13. The number of piperazine rings is 1. The zero-order chi connectivity index (χ0) is 9.10. The van der Waals surface area contributed by atoms with Gasteiger partial charge in [-0.3, -0.25) is 0 Å². The Morgan fingerprint density at radius 1 is 1.38 bits per heavy atom. The smallest absolute Gasteiger partial charge is 0.0300 e. The minimum absolute atomic E-state index is 0.717. The van der Waals surface area contributed by atoms with E-state index < -0.39 is 0 Å². The molecular formula is C11H18N2. The van der Waals surface area contributed by atoms with Gasteiger partial charge in [0.1, 0.15) is 0 Å². The Morgan fingerprint density at radius 2 is 2.15 bits per heavy atom. The lowest BCUT2D eigenvalue weighted by molar-refractivity contribution is 0.284. The Hall–Kier alpha value is -0.760. The highest BCUT2D eigenvalue weighted by atomic mass is 15.2. The maximum absolute atomic E-state index is 3.38. The zero-order valence-corrected chi connectivity index (χ0v) is 8.29. The molecule has 0 aromatic carbocycles. The SMILES string of the molecule is CC1C=CC=C(N2CCNCC2)C1. The summed E-state index contributed by atoms with van der Waals surface area (Å²) in [5.74, 6) is 0.717. The molecule has 13 heavy (non-hydrogen) atoms. The van der Waals surface area contributed by atoms with E-state index in [4.69, 9.17) is 0 Å². The van der Waals surface area contributed by atoms with E-state index in [9.17, 15) is 0 Å². The minimum Gasteiger partial charge on any atom is -0.372 e. The van der Waals surface area contributed by atoms with E-state index in [1.807, 2.05) is 0 Å². The van der Waals surface area contributed by atoms with Gasteiger partial charge in [-0.25, -0.2) is 0 Å². The van der Waals surface area contributed by atoms with Crippen LogP contribution < -0.4 is 5.32 Å². The zero-order valence-electron chi connectivity index (χ0n) is 8.29. The summed E-state index contributed by atoms with van der Waals surface area (Å²) in [7, 11) is 0. The molecular weight excluding hydrogens is 160 g/mol. The van der Waals surface area contributed by atoms with Crippen LogP contribution in [0.5, 0.6) is 0 Å². The number of nitrogens with one attached hydrogen (secondary N) is 1. The maximum Gasteiger partial charge on any atom is 0.0300 e. The number of rotatable bonds is 1. The van der Waals surface area contributed by atoms with Crippen LogP contribution in [0.25, 0.3) is 0 Å². The minimum atomic E-state index is 0.717. The largest absolute Gasteiger partial charge is 0.372 e. The molecule has 1 unspecified atom stereocenters. The van der Waals surface area contributed by atoms with Crippen molar-refractivity contribution in [2.24, 2.45) is 5.92 Å². The van der Waals surface area contributed by atoms with E-state index in [0.717, 1.165) is 19.0 Å². The average molecular weight is 178 g/mol. The van der Waals surface area contributed by atoms with Crippen molar-refractivity contribution in [1.82, 2.24) is 10.2 Å². The Morgan fingerprint density at radius 3 is 2.85 bits per heavy atom. The molecule has 2 rings (SSSR count). The highest BCUT2D eigenvalue weighted by molar-refractivity contribution is 5.19. The van der Waals surface area contributed by atoms with Crippen molar-refractivity contribution in [3.8, 4) is 0 Å². The molecule has 2 aliphatic rings. The van der Waals surface area contributed by atoms with Gasteiger partial charge in [0, 0.05) is 31.9 Å². The third-order valence-electron chi connectivity index (χ3n) is 2.78. The highest BCUT2D eigenvalue weighted by Crippen LogP contribution is 2.21. The Bertz CT molecular complexity index is 224. The Balaban J connectivity index is 1.98. The summed E-state index contributed by atoms with van der Waals surface area (Å²) < 4.78 is 0. The van der Waals surface area contributed by atoms with Gasteiger partial charge in [-0.05, 0) is 18.4 Å². The summed E-state index contributed by atoms with van der Waals surface area (Å²) in [6.07, 6.45) is 7.97. The van der Waals surface area contributed by atoms with Crippen molar-refractivity contribution in [2.75, 3.05) is 26.2 Å². The van der Waals surface area contributed by atoms with Crippen molar-refractivity contribution >= 4 is 0 Å². The van der Waals surface area contributed by atoms with Gasteiger partial charge < -0.3 is 10.2 Å². The van der Waals surface area contributed by atoms with Gasteiger partial charge in [0.2, 0.25) is 0 Å². The van der Waals surface area contributed by atoms with Crippen LogP contribution in [0.2, 0.25) is 0 Å². The van der Waals surface area contributed by atoms with Crippen molar-refractivity contribution in [1.29, 1.82) is 0 Å². The van der Waals surface area contributed by atoms with E-state index in [1.165, 1.54) is 25.2 Å². The molecule has 0 amide bonds. The fourth-order valence-corrected chi connectivity index (χ4v) is 2.01. The number of hydrogen-bond donors (Lipinski definition) is 1. The first-order valence-electron chi connectivity index (χ1n) is 5.19. The summed E-state index contributed by atoms with van der Waals surface area (Å²) in [6, 6.07) is 0. The summed E-state index contributed by atoms with van der Waals surface area (Å²) in [6.45, 7) is 6.90. The van der Waals surface area contributed by atoms with Crippen molar-refractivity contribution in [2.45, 2.75) is 13.3 Å². The molecule has 1 aliphatic carbocycles. The molecule has 1 saturated heterocycles. The van der Waals surface area contributed by atoms with Gasteiger partial charge in [0.05, 0.1) is 0 Å². The molecule has 0 bridgehead atoms. The standard InChI is InChI=1S/C11H18N2/c1-10-3-2-4-11(9-10)13-7-5-12-6-8-13/h2-4,10,12H,5-9H2,1H3. The van der Waals surface area contributed by atoms with E-state index in [-0.39, 0.29) is 0 Å². The fourth-order valence-electron chi connectivity index (χ4n) is 2.01. The van der Waals surface area contributed by atoms with Crippen molar-refractivity contribution in [3.63, 3.8) is 0 Å². The molecule has 0 aromatic heterocycles. The van der Waals surface area contributed by atoms with Crippen LogP contribution >= 0.6 is 0 Å². The monoisotopic (exact) mass is 178 g/mol. The summed E-state index contributed by atoms with van der Waals surface area (Å²) in [5, 5.41) is 3.38. The van der Waals surface area contributed by atoms with Crippen molar-refractivity contribution < 1.29 is 0 Å². The second-order valence-corrected chi connectivity index (χ2v) is 3.96. The Kier molecular flexibility index (Phi) is 2.69. The van der Waals surface area contributed by atoms with Crippen LogP contribution in [-0.4, -0.2) is 31.1 Å². The van der Waals surface area contributed by atoms with E-state index in [0.29, 0.717) is 0 Å². The van der Waals surface area contributed by atoms with Crippen LogP contribution in [0.15, 0.2) is 23.9 Å². The topological polar surface area (TPSA) is 15.3 Å². The quantitative estimate of drug-likeness (QED) is 0.652. The van der Waals surface area contributed by atoms with Crippen LogP contribution in [0.3, 0.4) is 0 Å². The molecule has 1 heterocycles. The molecule has 1 atom stereocenters. The lowest BCUT2D eigenvalue weighted by Crippen LogP contribution is -2.43. The maximum atomic E-state index is 3.38. The second kappa shape index (κ2) is 3.97. The van der Waals surface area contributed by atoms with Gasteiger partial charge in [0.25, 0.3) is 0 Å². The lowest BCUT2D eigenvalue weighted by Gasteiger charge is -2.33. The summed E-state index contributed by atoms with van der Waals surface area (Å²) in [4.78, 5) is 2.51. The number of hydrogen-bond acceptors (Lipinski definition) is 2. The normalized spacial score (nSPS) is 28.8. The Labute approximate surface area is 80.3 Å². The molecule has 1 fully saturated rings. The van der Waals surface area contributed by atoms with Gasteiger partial charge in [-0.1, -0.05) is 19.1 Å². The number of nitrogens with zero attached hydrogens (tertiary/aromatic N) is 1. The van der Waals surface area contributed by atoms with E-state index in [1.54, 1.807) is 0 Å².